The van der Waals surface area contributed by atoms with Gasteiger partial charge in [0.1, 0.15) is 5.75 Å². The monoisotopic (exact) mass is 343 g/mol. The molecule has 25 heavy (non-hydrogen) atoms. The molecule has 134 valence electrons. The number of carbonyl (C=O) groups excluding carboxylic acids is 1. The maximum Gasteiger partial charge on any atom is 0.263 e. The minimum absolute atomic E-state index is 0.0868. The van der Waals surface area contributed by atoms with Crippen molar-refractivity contribution >= 4 is 5.91 Å². The fourth-order valence-electron chi connectivity index (χ4n) is 2.58. The van der Waals surface area contributed by atoms with Crippen molar-refractivity contribution in [3.8, 4) is 17.2 Å². The smallest absolute Gasteiger partial charge is 0.263 e. The SMILES string of the molecule is COc1ccc(CN(C)C(=O)[C@H](C)Oc2cccc(C)c2)cc1OC. The van der Waals surface area contributed by atoms with E-state index in [4.69, 9.17) is 14.2 Å². The van der Waals surface area contributed by atoms with E-state index < -0.39 is 6.10 Å². The summed E-state index contributed by atoms with van der Waals surface area (Å²) in [6.45, 7) is 4.21. The van der Waals surface area contributed by atoms with Gasteiger partial charge in [0, 0.05) is 13.6 Å². The minimum atomic E-state index is -0.563. The molecule has 2 rings (SSSR count). The number of hydrogen-bond donors (Lipinski definition) is 0. The van der Waals surface area contributed by atoms with Crippen LogP contribution in [0.2, 0.25) is 0 Å². The highest BCUT2D eigenvalue weighted by Crippen LogP contribution is 2.28. The van der Waals surface area contributed by atoms with Crippen LogP contribution in [0.1, 0.15) is 18.1 Å². The predicted molar refractivity (Wildman–Crippen MR) is 97.3 cm³/mol. The Morgan fingerprint density at radius 3 is 2.44 bits per heavy atom. The van der Waals surface area contributed by atoms with E-state index in [2.05, 4.69) is 0 Å². The lowest BCUT2D eigenvalue weighted by atomic mass is 10.2. The highest BCUT2D eigenvalue weighted by Gasteiger charge is 2.20. The van der Waals surface area contributed by atoms with Crippen molar-refractivity contribution < 1.29 is 19.0 Å². The summed E-state index contributed by atoms with van der Waals surface area (Å²) in [7, 11) is 4.95. The summed E-state index contributed by atoms with van der Waals surface area (Å²) in [6, 6.07) is 13.3. The lowest BCUT2D eigenvalue weighted by Crippen LogP contribution is -2.37. The lowest BCUT2D eigenvalue weighted by molar-refractivity contribution is -0.137. The average molecular weight is 343 g/mol. The van der Waals surface area contributed by atoms with Gasteiger partial charge in [0.25, 0.3) is 5.91 Å². The van der Waals surface area contributed by atoms with Crippen LogP contribution in [0.5, 0.6) is 17.2 Å². The van der Waals surface area contributed by atoms with Gasteiger partial charge in [0.05, 0.1) is 14.2 Å². The van der Waals surface area contributed by atoms with Gasteiger partial charge in [-0.25, -0.2) is 0 Å². The summed E-state index contributed by atoms with van der Waals surface area (Å²) in [6.07, 6.45) is -0.563. The second-order valence-corrected chi connectivity index (χ2v) is 5.96. The Balaban J connectivity index is 2.02. The molecule has 0 N–H and O–H groups in total. The molecule has 0 saturated heterocycles. The number of aryl methyl sites for hydroxylation is 1. The van der Waals surface area contributed by atoms with Gasteiger partial charge < -0.3 is 19.1 Å². The molecule has 1 atom stereocenters. The Hall–Kier alpha value is -2.69. The summed E-state index contributed by atoms with van der Waals surface area (Å²) < 4.78 is 16.3. The molecule has 0 fully saturated rings. The molecule has 1 amide bonds. The van der Waals surface area contributed by atoms with Crippen LogP contribution >= 0.6 is 0 Å². The number of carbonyl (C=O) groups is 1. The zero-order chi connectivity index (χ0) is 18.4. The molecule has 0 aromatic heterocycles. The van der Waals surface area contributed by atoms with Gasteiger partial charge >= 0.3 is 0 Å². The van der Waals surface area contributed by atoms with Crippen LogP contribution in [0.25, 0.3) is 0 Å². The molecular weight excluding hydrogens is 318 g/mol. The quantitative estimate of drug-likeness (QED) is 0.773. The highest BCUT2D eigenvalue weighted by atomic mass is 16.5. The van der Waals surface area contributed by atoms with E-state index in [0.717, 1.165) is 11.1 Å². The van der Waals surface area contributed by atoms with Crippen molar-refractivity contribution in [3.05, 3.63) is 53.6 Å². The molecule has 5 nitrogen and oxygen atoms in total. The molecule has 0 aliphatic heterocycles. The van der Waals surface area contributed by atoms with Crippen molar-refractivity contribution in [3.63, 3.8) is 0 Å². The molecule has 2 aromatic carbocycles. The molecule has 0 spiro atoms. The molecule has 0 unspecified atom stereocenters. The van der Waals surface area contributed by atoms with E-state index in [1.807, 2.05) is 49.4 Å². The number of rotatable bonds is 7. The molecule has 0 aliphatic rings. The Labute approximate surface area is 149 Å². The maximum atomic E-state index is 12.6. The van der Waals surface area contributed by atoms with E-state index in [0.29, 0.717) is 23.8 Å². The minimum Gasteiger partial charge on any atom is -0.493 e. The molecule has 2 aromatic rings. The first kappa shape index (κ1) is 18.6. The Bertz CT molecular complexity index is 729. The number of likely N-dealkylation sites (N-methyl/N-ethyl adjacent to an activating group) is 1. The normalized spacial score (nSPS) is 11.6. The first-order chi connectivity index (χ1) is 11.9. The topological polar surface area (TPSA) is 48.0 Å². The van der Waals surface area contributed by atoms with Crippen LogP contribution in [0, 0.1) is 6.92 Å². The number of methoxy groups -OCH3 is 2. The van der Waals surface area contributed by atoms with E-state index in [1.165, 1.54) is 0 Å². The average Bonchev–Trinajstić information content (AvgIpc) is 2.60. The van der Waals surface area contributed by atoms with Crippen LogP contribution in [0.15, 0.2) is 42.5 Å². The third kappa shape index (κ3) is 4.89. The Morgan fingerprint density at radius 1 is 1.08 bits per heavy atom. The zero-order valence-corrected chi connectivity index (χ0v) is 15.4. The second kappa shape index (κ2) is 8.42. The largest absolute Gasteiger partial charge is 0.493 e. The number of ether oxygens (including phenoxy) is 3. The second-order valence-electron chi connectivity index (χ2n) is 5.96. The number of benzene rings is 2. The molecule has 0 saturated carbocycles. The van der Waals surface area contributed by atoms with Crippen LogP contribution in [0.4, 0.5) is 0 Å². The third-order valence-electron chi connectivity index (χ3n) is 3.89. The molecule has 5 heteroatoms. The lowest BCUT2D eigenvalue weighted by Gasteiger charge is -2.22. The van der Waals surface area contributed by atoms with Gasteiger partial charge in [-0.15, -0.1) is 0 Å². The van der Waals surface area contributed by atoms with Gasteiger partial charge in [-0.05, 0) is 49.2 Å². The molecular formula is C20H25NO4. The van der Waals surface area contributed by atoms with Crippen LogP contribution < -0.4 is 14.2 Å². The summed E-state index contributed by atoms with van der Waals surface area (Å²) in [5, 5.41) is 0. The fourth-order valence-corrected chi connectivity index (χ4v) is 2.58. The van der Waals surface area contributed by atoms with Gasteiger partial charge in [0.15, 0.2) is 17.6 Å². The van der Waals surface area contributed by atoms with Gasteiger partial charge in [-0.2, -0.15) is 0 Å². The zero-order valence-electron chi connectivity index (χ0n) is 15.4. The van der Waals surface area contributed by atoms with Crippen molar-refractivity contribution in [2.24, 2.45) is 0 Å². The summed E-state index contributed by atoms with van der Waals surface area (Å²) in [5.41, 5.74) is 2.05. The molecule has 0 heterocycles. The summed E-state index contributed by atoms with van der Waals surface area (Å²) in [5.74, 6) is 1.91. The first-order valence-corrected chi connectivity index (χ1v) is 8.13. The molecule has 0 aliphatic carbocycles. The van der Waals surface area contributed by atoms with Gasteiger partial charge in [-0.3, -0.25) is 4.79 Å². The molecule has 0 bridgehead atoms. The highest BCUT2D eigenvalue weighted by molar-refractivity contribution is 5.80. The van der Waals surface area contributed by atoms with E-state index in [9.17, 15) is 4.79 Å². The Kier molecular flexibility index (Phi) is 6.28. The standard InChI is InChI=1S/C20H25NO4/c1-14-7-6-8-17(11-14)25-15(2)20(22)21(3)13-16-9-10-18(23-4)19(12-16)24-5/h6-12,15H,13H2,1-5H3/t15-/m0/s1. The van der Waals surface area contributed by atoms with Crippen molar-refractivity contribution in [2.75, 3.05) is 21.3 Å². The van der Waals surface area contributed by atoms with Crippen molar-refractivity contribution in [1.29, 1.82) is 0 Å². The van der Waals surface area contributed by atoms with Gasteiger partial charge in [0.2, 0.25) is 0 Å². The Morgan fingerprint density at radius 2 is 1.80 bits per heavy atom. The van der Waals surface area contributed by atoms with Crippen LogP contribution in [-0.4, -0.2) is 38.2 Å². The van der Waals surface area contributed by atoms with E-state index >= 15 is 0 Å². The number of nitrogens with zero attached hydrogens (tertiary/aromatic N) is 1. The van der Waals surface area contributed by atoms with Crippen molar-refractivity contribution in [2.45, 2.75) is 26.5 Å². The van der Waals surface area contributed by atoms with Crippen LogP contribution in [0.3, 0.4) is 0 Å². The van der Waals surface area contributed by atoms with Crippen molar-refractivity contribution in [1.82, 2.24) is 4.90 Å². The number of hydrogen-bond acceptors (Lipinski definition) is 4. The van der Waals surface area contributed by atoms with Gasteiger partial charge in [-0.1, -0.05) is 18.2 Å². The molecule has 0 radical (unpaired) electrons. The predicted octanol–water partition coefficient (Wildman–Crippen LogP) is 3.44. The number of amides is 1. The van der Waals surface area contributed by atoms with E-state index in [-0.39, 0.29) is 5.91 Å². The fraction of sp³-hybridized carbons (Fsp3) is 0.350. The summed E-state index contributed by atoms with van der Waals surface area (Å²) in [4.78, 5) is 14.2. The summed E-state index contributed by atoms with van der Waals surface area (Å²) >= 11 is 0. The van der Waals surface area contributed by atoms with Crippen LogP contribution in [-0.2, 0) is 11.3 Å². The maximum absolute atomic E-state index is 12.6. The first-order valence-electron chi connectivity index (χ1n) is 8.13. The third-order valence-corrected chi connectivity index (χ3v) is 3.89. The van der Waals surface area contributed by atoms with E-state index in [1.54, 1.807) is 33.1 Å².